The van der Waals surface area contributed by atoms with E-state index in [0.717, 1.165) is 0 Å². The van der Waals surface area contributed by atoms with Gasteiger partial charge in [0.15, 0.2) is 0 Å². The fraction of sp³-hybridized carbons (Fsp3) is 0.786. The Morgan fingerprint density at radius 1 is 1.20 bits per heavy atom. The second kappa shape index (κ2) is 6.24. The minimum atomic E-state index is -0.222. The topological polar surface area (TPSA) is 69.7 Å². The van der Waals surface area contributed by atoms with Gasteiger partial charge in [-0.2, -0.15) is 0 Å². The summed E-state index contributed by atoms with van der Waals surface area (Å²) in [5.74, 6) is 0.302. The number of carbonyl (C=O) groups excluding carboxylic acids is 3. The molecule has 0 bridgehead atoms. The van der Waals surface area contributed by atoms with Crippen LogP contribution < -0.4 is 5.32 Å². The van der Waals surface area contributed by atoms with Crippen molar-refractivity contribution in [1.82, 2.24) is 15.1 Å². The molecule has 2 aliphatic heterocycles. The van der Waals surface area contributed by atoms with Gasteiger partial charge in [0.1, 0.15) is 0 Å². The zero-order chi connectivity index (χ0) is 14.7. The molecule has 0 aliphatic carbocycles. The van der Waals surface area contributed by atoms with Crippen molar-refractivity contribution in [2.75, 3.05) is 32.7 Å². The summed E-state index contributed by atoms with van der Waals surface area (Å²) in [6, 6.07) is 0. The summed E-state index contributed by atoms with van der Waals surface area (Å²) >= 11 is 0. The molecule has 6 nitrogen and oxygen atoms in total. The van der Waals surface area contributed by atoms with E-state index >= 15 is 0 Å². The second-order valence-electron chi connectivity index (χ2n) is 6.01. The molecule has 112 valence electrons. The van der Waals surface area contributed by atoms with E-state index in [1.807, 2.05) is 18.7 Å². The molecule has 0 saturated carbocycles. The Kier molecular flexibility index (Phi) is 4.62. The Morgan fingerprint density at radius 3 is 2.30 bits per heavy atom. The lowest BCUT2D eigenvalue weighted by Gasteiger charge is -2.36. The molecular formula is C14H23N3O3. The van der Waals surface area contributed by atoms with E-state index in [9.17, 15) is 14.4 Å². The first kappa shape index (κ1) is 14.8. The molecule has 0 aromatic carbocycles. The van der Waals surface area contributed by atoms with E-state index in [1.54, 1.807) is 4.90 Å². The lowest BCUT2D eigenvalue weighted by Crippen LogP contribution is -2.52. The molecule has 1 atom stereocenters. The third kappa shape index (κ3) is 3.49. The highest BCUT2D eigenvalue weighted by molar-refractivity contribution is 5.89. The lowest BCUT2D eigenvalue weighted by atomic mass is 10.1. The molecule has 0 radical (unpaired) electrons. The highest BCUT2D eigenvalue weighted by Gasteiger charge is 2.33. The maximum absolute atomic E-state index is 12.2. The molecule has 2 aliphatic rings. The van der Waals surface area contributed by atoms with Crippen LogP contribution in [0, 0.1) is 11.8 Å². The number of nitrogens with zero attached hydrogens (tertiary/aromatic N) is 2. The highest BCUT2D eigenvalue weighted by atomic mass is 16.2. The lowest BCUT2D eigenvalue weighted by molar-refractivity contribution is -0.142. The number of amides is 3. The number of nitrogens with one attached hydrogen (secondary N) is 1. The summed E-state index contributed by atoms with van der Waals surface area (Å²) in [7, 11) is 0. The maximum Gasteiger partial charge on any atom is 0.228 e. The van der Waals surface area contributed by atoms with Gasteiger partial charge in [-0.25, -0.2) is 0 Å². The Labute approximate surface area is 119 Å². The zero-order valence-corrected chi connectivity index (χ0v) is 12.2. The number of rotatable bonds is 3. The van der Waals surface area contributed by atoms with E-state index in [-0.39, 0.29) is 23.6 Å². The Hall–Kier alpha value is -1.59. The average Bonchev–Trinajstić information content (AvgIpc) is 2.84. The van der Waals surface area contributed by atoms with E-state index in [1.165, 1.54) is 0 Å². The monoisotopic (exact) mass is 281 g/mol. The normalized spacial score (nSPS) is 23.1. The molecular weight excluding hydrogens is 258 g/mol. The van der Waals surface area contributed by atoms with Crippen LogP contribution in [-0.4, -0.2) is 60.2 Å². The van der Waals surface area contributed by atoms with Crippen molar-refractivity contribution in [2.24, 2.45) is 11.8 Å². The molecule has 0 aromatic heterocycles. The quantitative estimate of drug-likeness (QED) is 0.781. The number of piperazine rings is 1. The third-order valence-corrected chi connectivity index (χ3v) is 3.85. The van der Waals surface area contributed by atoms with Gasteiger partial charge < -0.3 is 15.1 Å². The molecule has 6 heteroatoms. The van der Waals surface area contributed by atoms with Crippen LogP contribution in [0.1, 0.15) is 26.7 Å². The van der Waals surface area contributed by atoms with Crippen molar-refractivity contribution >= 4 is 17.7 Å². The van der Waals surface area contributed by atoms with Gasteiger partial charge in [-0.1, -0.05) is 13.8 Å². The van der Waals surface area contributed by atoms with Crippen molar-refractivity contribution in [3.63, 3.8) is 0 Å². The smallest absolute Gasteiger partial charge is 0.228 e. The van der Waals surface area contributed by atoms with E-state index in [4.69, 9.17) is 0 Å². The average molecular weight is 281 g/mol. The van der Waals surface area contributed by atoms with Gasteiger partial charge >= 0.3 is 0 Å². The van der Waals surface area contributed by atoms with Crippen LogP contribution in [0.5, 0.6) is 0 Å². The Morgan fingerprint density at radius 2 is 1.80 bits per heavy atom. The summed E-state index contributed by atoms with van der Waals surface area (Å²) in [6.45, 7) is 6.87. The van der Waals surface area contributed by atoms with Crippen LogP contribution >= 0.6 is 0 Å². The van der Waals surface area contributed by atoms with Crippen LogP contribution in [0.3, 0.4) is 0 Å². The fourth-order valence-electron chi connectivity index (χ4n) is 2.69. The predicted molar refractivity (Wildman–Crippen MR) is 73.7 cm³/mol. The van der Waals surface area contributed by atoms with Crippen molar-refractivity contribution in [3.05, 3.63) is 0 Å². The summed E-state index contributed by atoms with van der Waals surface area (Å²) < 4.78 is 0. The molecule has 0 spiro atoms. The maximum atomic E-state index is 12.2. The predicted octanol–water partition coefficient (Wildman–Crippen LogP) is -0.161. The standard InChI is InChI=1S/C14H23N3O3/c1-10(2)7-13(19)16-3-5-17(6-4-16)14(20)11-8-12(18)15-9-11/h10-11H,3-9H2,1-2H3,(H,15,18). The van der Waals surface area contributed by atoms with Gasteiger partial charge in [-0.05, 0) is 5.92 Å². The van der Waals surface area contributed by atoms with Crippen LogP contribution in [0.15, 0.2) is 0 Å². The largest absolute Gasteiger partial charge is 0.355 e. The zero-order valence-electron chi connectivity index (χ0n) is 12.2. The van der Waals surface area contributed by atoms with Crippen LogP contribution in [-0.2, 0) is 14.4 Å². The number of hydrogen-bond donors (Lipinski definition) is 1. The van der Waals surface area contributed by atoms with Gasteiger partial charge in [0.25, 0.3) is 0 Å². The molecule has 2 saturated heterocycles. The van der Waals surface area contributed by atoms with E-state index in [0.29, 0.717) is 51.5 Å². The van der Waals surface area contributed by atoms with Crippen LogP contribution in [0.4, 0.5) is 0 Å². The molecule has 2 rings (SSSR count). The molecule has 0 aromatic rings. The van der Waals surface area contributed by atoms with Crippen LogP contribution in [0.2, 0.25) is 0 Å². The second-order valence-corrected chi connectivity index (χ2v) is 6.01. The fourth-order valence-corrected chi connectivity index (χ4v) is 2.69. The first-order valence-corrected chi connectivity index (χ1v) is 7.30. The van der Waals surface area contributed by atoms with Crippen molar-refractivity contribution in [1.29, 1.82) is 0 Å². The minimum absolute atomic E-state index is 0.0410. The van der Waals surface area contributed by atoms with Gasteiger partial charge in [-0.3, -0.25) is 14.4 Å². The summed E-state index contributed by atoms with van der Waals surface area (Å²) in [4.78, 5) is 38.9. The number of hydrogen-bond acceptors (Lipinski definition) is 3. The van der Waals surface area contributed by atoms with E-state index < -0.39 is 0 Å². The van der Waals surface area contributed by atoms with Crippen molar-refractivity contribution in [3.8, 4) is 0 Å². The van der Waals surface area contributed by atoms with Gasteiger partial charge in [0.2, 0.25) is 17.7 Å². The third-order valence-electron chi connectivity index (χ3n) is 3.85. The Balaban J connectivity index is 1.80. The molecule has 20 heavy (non-hydrogen) atoms. The molecule has 1 unspecified atom stereocenters. The van der Waals surface area contributed by atoms with Gasteiger partial charge in [0, 0.05) is 45.6 Å². The van der Waals surface area contributed by atoms with Crippen LogP contribution in [0.25, 0.3) is 0 Å². The van der Waals surface area contributed by atoms with E-state index in [2.05, 4.69) is 5.32 Å². The highest BCUT2D eigenvalue weighted by Crippen LogP contribution is 2.15. The van der Waals surface area contributed by atoms with Gasteiger partial charge in [-0.15, -0.1) is 0 Å². The van der Waals surface area contributed by atoms with Crippen molar-refractivity contribution < 1.29 is 14.4 Å². The minimum Gasteiger partial charge on any atom is -0.355 e. The molecule has 2 fully saturated rings. The molecule has 3 amide bonds. The molecule has 2 heterocycles. The first-order valence-electron chi connectivity index (χ1n) is 7.30. The summed E-state index contributed by atoms with van der Waals surface area (Å²) in [5.41, 5.74) is 0. The van der Waals surface area contributed by atoms with Crippen molar-refractivity contribution in [2.45, 2.75) is 26.7 Å². The number of carbonyl (C=O) groups is 3. The first-order chi connectivity index (χ1) is 9.47. The van der Waals surface area contributed by atoms with Gasteiger partial charge in [0.05, 0.1) is 5.92 Å². The molecule has 1 N–H and O–H groups in total. The Bertz CT molecular complexity index is 400. The SMILES string of the molecule is CC(C)CC(=O)N1CCN(C(=O)C2CNC(=O)C2)CC1. The summed E-state index contributed by atoms with van der Waals surface area (Å²) in [6.07, 6.45) is 0.861. The summed E-state index contributed by atoms with van der Waals surface area (Å²) in [5, 5.41) is 2.69.